The standard InChI is InChI=1S/C26H24ClN9/c1-19-7-5-6-10-23(19)30-25(29-18-28)34-15-16-35(24(17-34)20-8-3-2-4-9-20)26-31-32-33-36(26)22-13-11-21(27)12-14-22/h2-14,24H,15-17H2,1H3,(H,29,30). The third kappa shape index (κ3) is 4.85. The van der Waals surface area contributed by atoms with Gasteiger partial charge in [0, 0.05) is 30.3 Å². The molecular formula is C26H24ClN9. The highest BCUT2D eigenvalue weighted by Gasteiger charge is 2.33. The molecule has 1 aromatic heterocycles. The minimum atomic E-state index is -0.0837. The second kappa shape index (κ2) is 10.5. The van der Waals surface area contributed by atoms with E-state index in [0.29, 0.717) is 36.6 Å². The fourth-order valence-corrected chi connectivity index (χ4v) is 4.47. The van der Waals surface area contributed by atoms with Crippen LogP contribution in [0.5, 0.6) is 0 Å². The summed E-state index contributed by atoms with van der Waals surface area (Å²) in [7, 11) is 0. The maximum atomic E-state index is 9.43. The molecule has 0 amide bonds. The van der Waals surface area contributed by atoms with E-state index in [2.05, 4.69) is 47.8 Å². The lowest BCUT2D eigenvalue weighted by molar-refractivity contribution is 0.325. The number of hydrogen-bond acceptors (Lipinski definition) is 6. The average Bonchev–Trinajstić information content (AvgIpc) is 3.40. The summed E-state index contributed by atoms with van der Waals surface area (Å²) in [5.41, 5.74) is 3.92. The molecule has 5 rings (SSSR count). The molecular weight excluding hydrogens is 474 g/mol. The predicted molar refractivity (Wildman–Crippen MR) is 140 cm³/mol. The van der Waals surface area contributed by atoms with E-state index in [1.165, 1.54) is 0 Å². The molecule has 0 spiro atoms. The number of nitrogens with zero attached hydrogens (tertiary/aromatic N) is 8. The van der Waals surface area contributed by atoms with Gasteiger partial charge < -0.3 is 15.1 Å². The highest BCUT2D eigenvalue weighted by Crippen LogP contribution is 2.31. The number of rotatable bonds is 4. The number of para-hydroxylation sites is 1. The molecule has 1 aliphatic heterocycles. The van der Waals surface area contributed by atoms with E-state index in [-0.39, 0.29) is 6.04 Å². The molecule has 1 atom stereocenters. The van der Waals surface area contributed by atoms with Crippen LogP contribution in [0.1, 0.15) is 17.2 Å². The maximum absolute atomic E-state index is 9.43. The van der Waals surface area contributed by atoms with Crippen LogP contribution in [0, 0.1) is 18.4 Å². The first-order valence-corrected chi connectivity index (χ1v) is 11.9. The smallest absolute Gasteiger partial charge is 0.251 e. The quantitative estimate of drug-likeness (QED) is 0.253. The van der Waals surface area contributed by atoms with Gasteiger partial charge in [-0.05, 0) is 58.8 Å². The van der Waals surface area contributed by atoms with Crippen molar-refractivity contribution in [3.8, 4) is 11.9 Å². The number of benzene rings is 3. The molecule has 36 heavy (non-hydrogen) atoms. The molecule has 0 aliphatic carbocycles. The van der Waals surface area contributed by atoms with Crippen molar-refractivity contribution < 1.29 is 0 Å². The Labute approximate surface area is 214 Å². The predicted octanol–water partition coefficient (Wildman–Crippen LogP) is 4.44. The van der Waals surface area contributed by atoms with Crippen LogP contribution in [0.15, 0.2) is 83.9 Å². The van der Waals surface area contributed by atoms with Gasteiger partial charge in [0.25, 0.3) is 5.95 Å². The Balaban J connectivity index is 1.48. The lowest BCUT2D eigenvalue weighted by Gasteiger charge is -2.42. The van der Waals surface area contributed by atoms with Gasteiger partial charge in [0.1, 0.15) is 0 Å². The average molecular weight is 498 g/mol. The van der Waals surface area contributed by atoms with Crippen LogP contribution < -0.4 is 10.2 Å². The van der Waals surface area contributed by atoms with Crippen molar-refractivity contribution in [3.05, 3.63) is 95.0 Å². The molecule has 1 N–H and O–H groups in total. The summed E-state index contributed by atoms with van der Waals surface area (Å²) >= 11 is 6.09. The zero-order valence-corrected chi connectivity index (χ0v) is 20.4. The SMILES string of the molecule is Cc1ccccc1N/C(=N\C#N)N1CCN(c2nnnn2-c2ccc(Cl)cc2)C(c2ccccc2)C1. The first-order valence-electron chi connectivity index (χ1n) is 11.5. The summed E-state index contributed by atoms with van der Waals surface area (Å²) < 4.78 is 1.72. The number of aliphatic imine (C=N–C) groups is 1. The van der Waals surface area contributed by atoms with Gasteiger partial charge in [-0.2, -0.15) is 9.94 Å². The Morgan fingerprint density at radius 2 is 1.78 bits per heavy atom. The normalized spacial score (nSPS) is 16.0. The number of nitrogens with one attached hydrogen (secondary N) is 1. The fourth-order valence-electron chi connectivity index (χ4n) is 4.34. The summed E-state index contributed by atoms with van der Waals surface area (Å²) in [5, 5.41) is 26.0. The Morgan fingerprint density at radius 1 is 1.03 bits per heavy atom. The molecule has 0 saturated carbocycles. The van der Waals surface area contributed by atoms with Crippen molar-refractivity contribution in [1.82, 2.24) is 25.1 Å². The van der Waals surface area contributed by atoms with E-state index in [4.69, 9.17) is 11.6 Å². The second-order valence-electron chi connectivity index (χ2n) is 8.41. The number of guanidine groups is 1. The largest absolute Gasteiger partial charge is 0.338 e. The van der Waals surface area contributed by atoms with Crippen molar-refractivity contribution >= 4 is 29.2 Å². The second-order valence-corrected chi connectivity index (χ2v) is 8.84. The van der Waals surface area contributed by atoms with Gasteiger partial charge in [-0.15, -0.1) is 4.99 Å². The molecule has 1 aliphatic rings. The lowest BCUT2D eigenvalue weighted by atomic mass is 10.0. The Kier molecular flexibility index (Phi) is 6.78. The summed E-state index contributed by atoms with van der Waals surface area (Å²) in [4.78, 5) is 8.42. The number of tetrazole rings is 1. The summed E-state index contributed by atoms with van der Waals surface area (Å²) in [5.74, 6) is 1.15. The number of anilines is 2. The Hall–Kier alpha value is -4.42. The van der Waals surface area contributed by atoms with Crippen LogP contribution in [-0.4, -0.2) is 50.7 Å². The minimum absolute atomic E-state index is 0.0837. The van der Waals surface area contributed by atoms with Crippen molar-refractivity contribution in [3.63, 3.8) is 0 Å². The molecule has 0 bridgehead atoms. The highest BCUT2D eigenvalue weighted by atomic mass is 35.5. The number of nitriles is 1. The van der Waals surface area contributed by atoms with Crippen molar-refractivity contribution in [2.45, 2.75) is 13.0 Å². The van der Waals surface area contributed by atoms with Crippen molar-refractivity contribution in [1.29, 1.82) is 5.26 Å². The molecule has 10 heteroatoms. The van der Waals surface area contributed by atoms with Crippen LogP contribution in [-0.2, 0) is 0 Å². The number of aromatic nitrogens is 4. The van der Waals surface area contributed by atoms with E-state index in [1.807, 2.05) is 79.8 Å². The lowest BCUT2D eigenvalue weighted by Crippen LogP contribution is -2.53. The van der Waals surface area contributed by atoms with Gasteiger partial charge in [0.05, 0.1) is 11.7 Å². The summed E-state index contributed by atoms with van der Waals surface area (Å²) in [6.45, 7) is 3.84. The number of aryl methyl sites for hydroxylation is 1. The van der Waals surface area contributed by atoms with Gasteiger partial charge in [0.2, 0.25) is 12.2 Å². The van der Waals surface area contributed by atoms with E-state index in [9.17, 15) is 5.26 Å². The van der Waals surface area contributed by atoms with Gasteiger partial charge >= 0.3 is 0 Å². The first-order chi connectivity index (χ1) is 17.6. The summed E-state index contributed by atoms with van der Waals surface area (Å²) in [6.07, 6.45) is 1.96. The number of halogens is 1. The molecule has 1 fully saturated rings. The first kappa shape index (κ1) is 23.3. The van der Waals surface area contributed by atoms with Crippen molar-refractivity contribution in [2.24, 2.45) is 4.99 Å². The van der Waals surface area contributed by atoms with Gasteiger partial charge in [-0.3, -0.25) is 0 Å². The van der Waals surface area contributed by atoms with Gasteiger partial charge in [-0.25, -0.2) is 0 Å². The van der Waals surface area contributed by atoms with Crippen LogP contribution in [0.3, 0.4) is 0 Å². The molecule has 1 unspecified atom stereocenters. The molecule has 3 aromatic carbocycles. The third-order valence-corrected chi connectivity index (χ3v) is 6.44. The monoisotopic (exact) mass is 497 g/mol. The van der Waals surface area contributed by atoms with Gasteiger partial charge in [-0.1, -0.05) is 65.2 Å². The van der Waals surface area contributed by atoms with Crippen LogP contribution in [0.4, 0.5) is 11.6 Å². The molecule has 0 radical (unpaired) electrons. The molecule has 9 nitrogen and oxygen atoms in total. The van der Waals surface area contributed by atoms with E-state index in [0.717, 1.165) is 22.5 Å². The van der Waals surface area contributed by atoms with E-state index >= 15 is 0 Å². The summed E-state index contributed by atoms with van der Waals surface area (Å²) in [6, 6.07) is 25.5. The minimum Gasteiger partial charge on any atom is -0.338 e. The Morgan fingerprint density at radius 3 is 2.53 bits per heavy atom. The zero-order chi connectivity index (χ0) is 24.9. The maximum Gasteiger partial charge on any atom is 0.251 e. The fraction of sp³-hybridized carbons (Fsp3) is 0.192. The molecule has 4 aromatic rings. The number of hydrogen-bond donors (Lipinski definition) is 1. The van der Waals surface area contributed by atoms with E-state index < -0.39 is 0 Å². The molecule has 180 valence electrons. The van der Waals surface area contributed by atoms with Crippen molar-refractivity contribution in [2.75, 3.05) is 29.9 Å². The van der Waals surface area contributed by atoms with Crippen LogP contribution in [0.2, 0.25) is 5.02 Å². The third-order valence-electron chi connectivity index (χ3n) is 6.19. The van der Waals surface area contributed by atoms with Crippen LogP contribution in [0.25, 0.3) is 5.69 Å². The van der Waals surface area contributed by atoms with Crippen LogP contribution >= 0.6 is 11.6 Å². The van der Waals surface area contributed by atoms with Gasteiger partial charge in [0.15, 0.2) is 0 Å². The molecule has 2 heterocycles. The zero-order valence-electron chi connectivity index (χ0n) is 19.7. The topological polar surface area (TPSA) is 98.3 Å². The molecule has 1 saturated heterocycles. The number of piperazine rings is 1. The highest BCUT2D eigenvalue weighted by molar-refractivity contribution is 6.30. The Bertz CT molecular complexity index is 1390. The van der Waals surface area contributed by atoms with E-state index in [1.54, 1.807) is 4.68 Å².